The molecule has 0 aliphatic carbocycles. The first-order chi connectivity index (χ1) is 5.66. The molecule has 1 atom stereocenters. The van der Waals surface area contributed by atoms with Gasteiger partial charge >= 0.3 is 0 Å². The summed E-state index contributed by atoms with van der Waals surface area (Å²) >= 11 is 8.88. The highest BCUT2D eigenvalue weighted by Gasteiger charge is 2.29. The van der Waals surface area contributed by atoms with Gasteiger partial charge in [0.1, 0.15) is 0 Å². The van der Waals surface area contributed by atoms with Crippen LogP contribution in [0.1, 0.15) is 19.3 Å². The van der Waals surface area contributed by atoms with Crippen LogP contribution < -0.4 is 11.1 Å². The Morgan fingerprint density at radius 3 is 2.83 bits per heavy atom. The number of nitrogens with two attached hydrogens (primary N) is 1. The van der Waals surface area contributed by atoms with Crippen LogP contribution in [0.2, 0.25) is 0 Å². The molecule has 0 fully saturated rings. The van der Waals surface area contributed by atoms with Crippen LogP contribution in [0, 0.1) is 0 Å². The lowest BCUT2D eigenvalue weighted by Crippen LogP contribution is -2.49. The van der Waals surface area contributed by atoms with Crippen LogP contribution in [0.5, 0.6) is 0 Å². The van der Waals surface area contributed by atoms with Crippen LogP contribution in [0.15, 0.2) is 10.2 Å². The number of azo groups is 1. The molecule has 1 rings (SSSR count). The maximum atomic E-state index is 5.81. The highest BCUT2D eigenvalue weighted by molar-refractivity contribution is 7.80. The lowest BCUT2D eigenvalue weighted by Gasteiger charge is -2.18. The summed E-state index contributed by atoms with van der Waals surface area (Å²) in [4.78, 5) is 0. The Morgan fingerprint density at radius 2 is 2.33 bits per heavy atom. The lowest BCUT2D eigenvalue weighted by molar-refractivity contribution is 0.377. The molecule has 4 nitrogen and oxygen atoms in total. The highest BCUT2D eigenvalue weighted by atomic mass is 32.1. The number of rotatable bonds is 4. The van der Waals surface area contributed by atoms with E-state index < -0.39 is 5.79 Å². The molecule has 1 heterocycles. The first-order valence-corrected chi connectivity index (χ1v) is 4.85. The van der Waals surface area contributed by atoms with Crippen molar-refractivity contribution in [3.05, 3.63) is 0 Å². The summed E-state index contributed by atoms with van der Waals surface area (Å²) in [5.74, 6) is 0.123. The normalized spacial score (nSPS) is 27.7. The molecule has 0 radical (unpaired) electrons. The molecular formula is C6H12N4S2. The molecule has 0 saturated carbocycles. The second-order valence-corrected chi connectivity index (χ2v) is 3.57. The minimum absolute atomic E-state index is 0.378. The van der Waals surface area contributed by atoms with Gasteiger partial charge < -0.3 is 5.32 Å². The van der Waals surface area contributed by atoms with E-state index in [0.717, 1.165) is 25.0 Å². The predicted octanol–water partition coefficient (Wildman–Crippen LogP) is 1.04. The van der Waals surface area contributed by atoms with Crippen LogP contribution in [-0.4, -0.2) is 16.7 Å². The van der Waals surface area contributed by atoms with Crippen molar-refractivity contribution in [2.45, 2.75) is 25.0 Å². The average Bonchev–Trinajstić information content (AvgIpc) is 2.32. The van der Waals surface area contributed by atoms with Crippen LogP contribution in [-0.2, 0) is 0 Å². The Balaban J connectivity index is 2.31. The molecular weight excluding hydrogens is 192 g/mol. The molecule has 0 amide bonds. The molecule has 1 aliphatic heterocycles. The van der Waals surface area contributed by atoms with Gasteiger partial charge in [-0.15, -0.1) is 10.2 Å². The maximum Gasteiger partial charge on any atom is 0.216 e. The second-order valence-electron chi connectivity index (χ2n) is 2.74. The van der Waals surface area contributed by atoms with E-state index in [9.17, 15) is 0 Å². The summed E-state index contributed by atoms with van der Waals surface area (Å²) in [7, 11) is 0. The summed E-state index contributed by atoms with van der Waals surface area (Å²) < 4.78 is 0. The molecule has 0 bridgehead atoms. The third-order valence-electron chi connectivity index (χ3n) is 1.61. The topological polar surface area (TPSA) is 62.8 Å². The van der Waals surface area contributed by atoms with Crippen LogP contribution in [0.4, 0.5) is 0 Å². The second kappa shape index (κ2) is 4.15. The van der Waals surface area contributed by atoms with Crippen molar-refractivity contribution in [3.8, 4) is 0 Å². The first-order valence-electron chi connectivity index (χ1n) is 3.81. The summed E-state index contributed by atoms with van der Waals surface area (Å²) in [5.41, 5.74) is 5.81. The van der Waals surface area contributed by atoms with E-state index in [4.69, 9.17) is 18.0 Å². The number of hydrogen-bond acceptors (Lipinski definition) is 4. The largest absolute Gasteiger partial charge is 0.322 e. The van der Waals surface area contributed by atoms with Crippen LogP contribution >= 0.6 is 24.8 Å². The van der Waals surface area contributed by atoms with Crippen molar-refractivity contribution in [2.75, 3.05) is 5.75 Å². The molecule has 0 aromatic heterocycles. The van der Waals surface area contributed by atoms with Gasteiger partial charge in [0, 0.05) is 6.42 Å². The Bertz CT molecular complexity index is 206. The van der Waals surface area contributed by atoms with Gasteiger partial charge in [-0.1, -0.05) is 0 Å². The average molecular weight is 204 g/mol. The minimum Gasteiger partial charge on any atom is -0.322 e. The Kier molecular flexibility index (Phi) is 3.42. The fourth-order valence-corrected chi connectivity index (χ4v) is 1.43. The number of nitrogens with one attached hydrogen (secondary N) is 1. The van der Waals surface area contributed by atoms with E-state index in [-0.39, 0.29) is 0 Å². The molecule has 1 unspecified atom stereocenters. The van der Waals surface area contributed by atoms with E-state index in [2.05, 4.69) is 28.2 Å². The van der Waals surface area contributed by atoms with Crippen molar-refractivity contribution < 1.29 is 0 Å². The van der Waals surface area contributed by atoms with Gasteiger partial charge in [-0.3, -0.25) is 5.73 Å². The summed E-state index contributed by atoms with van der Waals surface area (Å²) in [6, 6.07) is 0. The summed E-state index contributed by atoms with van der Waals surface area (Å²) in [6.07, 6.45) is 2.76. The van der Waals surface area contributed by atoms with Crippen molar-refractivity contribution in [3.63, 3.8) is 0 Å². The number of nitrogens with zero attached hydrogens (tertiary/aromatic N) is 2. The van der Waals surface area contributed by atoms with Crippen LogP contribution in [0.25, 0.3) is 0 Å². The smallest absolute Gasteiger partial charge is 0.216 e. The molecule has 12 heavy (non-hydrogen) atoms. The molecule has 1 aliphatic rings. The molecule has 0 saturated heterocycles. The molecule has 0 spiro atoms. The van der Waals surface area contributed by atoms with E-state index in [1.165, 1.54) is 0 Å². The number of hydrogen-bond donors (Lipinski definition) is 3. The van der Waals surface area contributed by atoms with Gasteiger partial charge in [-0.2, -0.15) is 12.6 Å². The van der Waals surface area contributed by atoms with Gasteiger partial charge in [0.25, 0.3) is 0 Å². The Labute approximate surface area is 82.4 Å². The van der Waals surface area contributed by atoms with Crippen LogP contribution in [0.3, 0.4) is 0 Å². The van der Waals surface area contributed by atoms with Gasteiger partial charge in [0.15, 0.2) is 0 Å². The number of thiol groups is 1. The zero-order valence-electron chi connectivity index (χ0n) is 6.66. The van der Waals surface area contributed by atoms with Crippen molar-refractivity contribution in [2.24, 2.45) is 16.0 Å². The van der Waals surface area contributed by atoms with Gasteiger partial charge in [0.05, 0.1) is 0 Å². The summed E-state index contributed by atoms with van der Waals surface area (Å²) in [5, 5.41) is 10.7. The molecule has 3 N–H and O–H groups in total. The maximum absolute atomic E-state index is 5.81. The van der Waals surface area contributed by atoms with Gasteiger partial charge in [0.2, 0.25) is 10.9 Å². The monoisotopic (exact) mass is 204 g/mol. The van der Waals surface area contributed by atoms with Gasteiger partial charge in [-0.05, 0) is 30.8 Å². The number of thiocarbonyl (C=S) groups is 1. The van der Waals surface area contributed by atoms with Gasteiger partial charge in [-0.25, -0.2) is 0 Å². The fourth-order valence-electron chi connectivity index (χ4n) is 0.989. The zero-order chi connectivity index (χ0) is 9.03. The third kappa shape index (κ3) is 2.69. The van der Waals surface area contributed by atoms with Crippen molar-refractivity contribution in [1.82, 2.24) is 5.32 Å². The van der Waals surface area contributed by atoms with E-state index in [1.54, 1.807) is 0 Å². The lowest BCUT2D eigenvalue weighted by atomic mass is 10.1. The predicted molar refractivity (Wildman–Crippen MR) is 55.2 cm³/mol. The molecule has 68 valence electrons. The van der Waals surface area contributed by atoms with E-state index >= 15 is 0 Å². The molecule has 0 aromatic rings. The van der Waals surface area contributed by atoms with E-state index in [1.807, 2.05) is 0 Å². The molecule has 6 heteroatoms. The standard InChI is InChI=1S/C6H12N4S2/c7-6(3-1-2-4-11)8-5(12)9-10-6/h11H,1-4,7H2,(H,8,12). The Hall–Kier alpha value is -0.200. The van der Waals surface area contributed by atoms with E-state index in [0.29, 0.717) is 5.11 Å². The Morgan fingerprint density at radius 1 is 1.58 bits per heavy atom. The quantitative estimate of drug-likeness (QED) is 0.364. The SMILES string of the molecule is NC1(CCCCS)N=NC(=S)N1. The highest BCUT2D eigenvalue weighted by Crippen LogP contribution is 2.15. The number of unbranched alkanes of at least 4 members (excludes halogenated alkanes) is 1. The fraction of sp³-hybridized carbons (Fsp3) is 0.833. The minimum atomic E-state index is -0.750. The first kappa shape index (κ1) is 9.88. The zero-order valence-corrected chi connectivity index (χ0v) is 8.37. The summed E-state index contributed by atoms with van der Waals surface area (Å²) in [6.45, 7) is 0. The third-order valence-corrected chi connectivity index (χ3v) is 2.11. The van der Waals surface area contributed by atoms with Crippen molar-refractivity contribution in [1.29, 1.82) is 0 Å². The van der Waals surface area contributed by atoms with Crippen molar-refractivity contribution >= 4 is 30.0 Å². The molecule has 0 aromatic carbocycles.